The summed E-state index contributed by atoms with van der Waals surface area (Å²) in [5.41, 5.74) is 1.25. The summed E-state index contributed by atoms with van der Waals surface area (Å²) in [5, 5.41) is 14.1. The molecule has 2 aromatic heterocycles. The number of anilines is 1. The third-order valence-corrected chi connectivity index (χ3v) is 6.93. The van der Waals surface area contributed by atoms with Gasteiger partial charge in [0.25, 0.3) is 5.82 Å². The van der Waals surface area contributed by atoms with Crippen molar-refractivity contribution in [1.82, 2.24) is 30.0 Å². The first-order chi connectivity index (χ1) is 16.9. The van der Waals surface area contributed by atoms with Crippen LogP contribution in [0.25, 0.3) is 5.65 Å². The minimum Gasteiger partial charge on any atom is -0.355 e. The molecule has 1 N–H and O–H groups in total. The zero-order valence-electron chi connectivity index (χ0n) is 19.3. The summed E-state index contributed by atoms with van der Waals surface area (Å²) in [7, 11) is 0. The molecule has 0 spiro atoms. The third-order valence-electron chi connectivity index (χ3n) is 6.93. The average Bonchev–Trinajstić information content (AvgIpc) is 3.55. The third kappa shape index (κ3) is 5.09. The Labute approximate surface area is 201 Å². The van der Waals surface area contributed by atoms with Gasteiger partial charge in [0.05, 0.1) is 6.04 Å². The highest BCUT2D eigenvalue weighted by atomic mass is 19.4. The molecule has 0 radical (unpaired) electrons. The Morgan fingerprint density at radius 3 is 2.40 bits per heavy atom. The van der Waals surface area contributed by atoms with E-state index in [4.69, 9.17) is 0 Å². The van der Waals surface area contributed by atoms with Gasteiger partial charge in [0.1, 0.15) is 5.82 Å². The van der Waals surface area contributed by atoms with Crippen LogP contribution in [0.4, 0.5) is 19.0 Å². The van der Waals surface area contributed by atoms with Gasteiger partial charge < -0.3 is 10.2 Å². The molecule has 11 heteroatoms. The van der Waals surface area contributed by atoms with Gasteiger partial charge in [-0.25, -0.2) is 0 Å². The first kappa shape index (κ1) is 23.5. The lowest BCUT2D eigenvalue weighted by Gasteiger charge is -2.33. The van der Waals surface area contributed by atoms with Crippen molar-refractivity contribution >= 4 is 17.4 Å². The number of amides is 1. The molecule has 35 heavy (non-hydrogen) atoms. The maximum Gasteiger partial charge on any atom is 0.453 e. The summed E-state index contributed by atoms with van der Waals surface area (Å²) in [4.78, 5) is 17.3. The zero-order valence-corrected chi connectivity index (χ0v) is 19.3. The van der Waals surface area contributed by atoms with Gasteiger partial charge in [0.15, 0.2) is 5.65 Å². The lowest BCUT2D eigenvalue weighted by Crippen LogP contribution is -2.43. The molecule has 0 saturated carbocycles. The molecule has 2 aliphatic rings. The fourth-order valence-corrected chi connectivity index (χ4v) is 5.02. The van der Waals surface area contributed by atoms with E-state index in [1.54, 1.807) is 6.07 Å². The van der Waals surface area contributed by atoms with E-state index in [2.05, 4.69) is 37.6 Å². The summed E-state index contributed by atoms with van der Waals surface area (Å²) in [6.45, 7) is 3.71. The topological polar surface area (TPSA) is 78.7 Å². The van der Waals surface area contributed by atoms with E-state index in [1.165, 1.54) is 24.5 Å². The number of likely N-dealkylation sites (tertiary alicyclic amines) is 1. The Balaban J connectivity index is 1.20. The molecule has 0 unspecified atom stereocenters. The largest absolute Gasteiger partial charge is 0.453 e. The number of fused-ring (bicyclic) bond motifs is 1. The van der Waals surface area contributed by atoms with Crippen molar-refractivity contribution < 1.29 is 18.0 Å². The summed E-state index contributed by atoms with van der Waals surface area (Å²) >= 11 is 0. The number of carbonyl (C=O) groups is 1. The van der Waals surface area contributed by atoms with Crippen molar-refractivity contribution in [3.63, 3.8) is 0 Å². The van der Waals surface area contributed by atoms with Crippen LogP contribution in [0.2, 0.25) is 0 Å². The fraction of sp³-hybridized carbons (Fsp3) is 0.500. The van der Waals surface area contributed by atoms with Crippen LogP contribution >= 0.6 is 0 Å². The van der Waals surface area contributed by atoms with E-state index in [9.17, 15) is 18.0 Å². The van der Waals surface area contributed by atoms with Gasteiger partial charge >= 0.3 is 6.18 Å². The van der Waals surface area contributed by atoms with Crippen molar-refractivity contribution in [2.75, 3.05) is 37.6 Å². The van der Waals surface area contributed by atoms with Gasteiger partial charge in [0, 0.05) is 25.6 Å². The lowest BCUT2D eigenvalue weighted by molar-refractivity contribution is -0.146. The Morgan fingerprint density at radius 2 is 1.71 bits per heavy atom. The van der Waals surface area contributed by atoms with Gasteiger partial charge in [-0.15, -0.1) is 15.3 Å². The van der Waals surface area contributed by atoms with Crippen molar-refractivity contribution in [2.45, 2.75) is 37.9 Å². The number of aromatic nitrogens is 4. The van der Waals surface area contributed by atoms with E-state index in [0.717, 1.165) is 17.6 Å². The van der Waals surface area contributed by atoms with E-state index >= 15 is 0 Å². The number of benzene rings is 1. The highest BCUT2D eigenvalue weighted by Gasteiger charge is 2.38. The second kappa shape index (κ2) is 9.80. The van der Waals surface area contributed by atoms with Gasteiger partial charge in [-0.1, -0.05) is 30.3 Å². The monoisotopic (exact) mass is 487 g/mol. The molecule has 8 nitrogen and oxygen atoms in total. The lowest BCUT2D eigenvalue weighted by atomic mass is 9.95. The van der Waals surface area contributed by atoms with E-state index in [1.807, 2.05) is 23.1 Å². The number of carbonyl (C=O) groups excluding carboxylic acids is 1. The Bertz CT molecular complexity index is 1150. The zero-order chi connectivity index (χ0) is 24.4. The van der Waals surface area contributed by atoms with Crippen LogP contribution < -0.4 is 10.2 Å². The number of nitrogens with one attached hydrogen (secondary N) is 1. The number of piperidine rings is 1. The molecule has 5 rings (SSSR count). The Morgan fingerprint density at radius 1 is 1.00 bits per heavy atom. The summed E-state index contributed by atoms with van der Waals surface area (Å²) in [5.74, 6) is -0.827. The second-order valence-corrected chi connectivity index (χ2v) is 9.16. The Hall–Kier alpha value is -3.21. The van der Waals surface area contributed by atoms with Crippen LogP contribution in [0.3, 0.4) is 0 Å². The van der Waals surface area contributed by atoms with Crippen molar-refractivity contribution in [3.8, 4) is 0 Å². The number of nitrogens with zero attached hydrogens (tertiary/aromatic N) is 6. The molecule has 2 fully saturated rings. The van der Waals surface area contributed by atoms with Crippen LogP contribution in [0, 0.1) is 5.92 Å². The van der Waals surface area contributed by atoms with Crippen molar-refractivity contribution in [1.29, 1.82) is 0 Å². The minimum atomic E-state index is -4.64. The molecule has 1 atom stereocenters. The smallest absolute Gasteiger partial charge is 0.355 e. The van der Waals surface area contributed by atoms with Crippen LogP contribution in [0.1, 0.15) is 43.1 Å². The molecule has 1 aromatic carbocycles. The van der Waals surface area contributed by atoms with Crippen LogP contribution in [0.15, 0.2) is 42.5 Å². The first-order valence-corrected chi connectivity index (χ1v) is 12.0. The molecule has 186 valence electrons. The molecular formula is C24H28F3N7O. The quantitative estimate of drug-likeness (QED) is 0.575. The average molecular weight is 488 g/mol. The highest BCUT2D eigenvalue weighted by Crippen LogP contribution is 2.29. The molecule has 2 aliphatic heterocycles. The first-order valence-electron chi connectivity index (χ1n) is 12.0. The van der Waals surface area contributed by atoms with Crippen LogP contribution in [-0.2, 0) is 11.0 Å². The predicted molar refractivity (Wildman–Crippen MR) is 124 cm³/mol. The number of alkyl halides is 3. The molecule has 3 aromatic rings. The van der Waals surface area contributed by atoms with E-state index < -0.39 is 12.0 Å². The van der Waals surface area contributed by atoms with Gasteiger partial charge in [0.2, 0.25) is 5.91 Å². The maximum atomic E-state index is 13.2. The normalized spacial score (nSPS) is 18.8. The summed E-state index contributed by atoms with van der Waals surface area (Å²) < 4.78 is 40.3. The summed E-state index contributed by atoms with van der Waals surface area (Å²) in [6.07, 6.45) is -1.06. The maximum absolute atomic E-state index is 13.2. The molecule has 0 bridgehead atoms. The van der Waals surface area contributed by atoms with Crippen LogP contribution in [-0.4, -0.2) is 63.3 Å². The minimum absolute atomic E-state index is 0.0337. The molecule has 2 saturated heterocycles. The number of hydrogen-bond acceptors (Lipinski definition) is 6. The van der Waals surface area contributed by atoms with Gasteiger partial charge in [-0.2, -0.15) is 17.7 Å². The summed E-state index contributed by atoms with van der Waals surface area (Å²) in [6, 6.07) is 13.5. The fourth-order valence-electron chi connectivity index (χ4n) is 5.02. The Kier molecular flexibility index (Phi) is 6.59. The number of halogens is 3. The molecule has 1 amide bonds. The molecule has 4 heterocycles. The van der Waals surface area contributed by atoms with Gasteiger partial charge in [-0.05, 0) is 56.5 Å². The van der Waals surface area contributed by atoms with E-state index in [-0.39, 0.29) is 23.5 Å². The van der Waals surface area contributed by atoms with Crippen molar-refractivity contribution in [2.24, 2.45) is 5.92 Å². The SMILES string of the molecule is O=C(NC[C@@H](c1ccccc1)N1CCCC1)C1CCN(c2ccc3nnc(C(F)(F)F)n3n2)CC1. The number of hydrogen-bond donors (Lipinski definition) is 1. The van der Waals surface area contributed by atoms with Gasteiger partial charge in [-0.3, -0.25) is 9.69 Å². The number of rotatable bonds is 6. The second-order valence-electron chi connectivity index (χ2n) is 9.16. The highest BCUT2D eigenvalue weighted by molar-refractivity contribution is 5.79. The van der Waals surface area contributed by atoms with Crippen LogP contribution in [0.5, 0.6) is 0 Å². The molecule has 0 aliphatic carbocycles. The predicted octanol–water partition coefficient (Wildman–Crippen LogP) is 3.31. The van der Waals surface area contributed by atoms with Crippen molar-refractivity contribution in [3.05, 3.63) is 53.9 Å². The molecular weight excluding hydrogens is 459 g/mol. The van der Waals surface area contributed by atoms with E-state index in [0.29, 0.717) is 38.3 Å². The standard InChI is InChI=1S/C24H28F3N7O/c25-24(26,27)23-30-29-20-8-9-21(31-34(20)23)33-14-10-18(11-15-33)22(35)28-16-19(32-12-4-5-13-32)17-6-2-1-3-7-17/h1-3,6-9,18-19H,4-5,10-16H2,(H,28,35)/t19-/m0/s1.